The van der Waals surface area contributed by atoms with E-state index in [1.54, 1.807) is 30.5 Å². The zero-order chi connectivity index (χ0) is 20.0. The average molecular weight is 389 g/mol. The van der Waals surface area contributed by atoms with Gasteiger partial charge in [0, 0.05) is 34.8 Å². The molecule has 7 heteroatoms. The molecule has 0 unspecified atom stereocenters. The number of Topliss-reactive ketones (excluding diaryl/α,β-unsaturated/α-hetero) is 1. The Hall–Kier alpha value is -3.22. The minimum absolute atomic E-state index is 0.175. The number of benzene rings is 1. The topological polar surface area (TPSA) is 103 Å². The minimum atomic E-state index is -0.462. The van der Waals surface area contributed by atoms with Gasteiger partial charge in [0.2, 0.25) is 11.9 Å². The summed E-state index contributed by atoms with van der Waals surface area (Å²) in [6.45, 7) is 0. The van der Waals surface area contributed by atoms with Crippen LogP contribution in [0.1, 0.15) is 65.4 Å². The number of nitrogens with one attached hydrogen (secondary N) is 1. The van der Waals surface area contributed by atoms with Gasteiger partial charge in [-0.2, -0.15) is 4.98 Å². The highest BCUT2D eigenvalue weighted by molar-refractivity contribution is 6.02. The lowest BCUT2D eigenvalue weighted by Gasteiger charge is -2.17. The highest BCUT2D eigenvalue weighted by atomic mass is 16.1. The summed E-state index contributed by atoms with van der Waals surface area (Å²) in [6, 6.07) is 9.15. The van der Waals surface area contributed by atoms with Crippen molar-refractivity contribution < 1.29 is 9.59 Å². The molecular formula is C22H23N5O2. The van der Waals surface area contributed by atoms with Crippen LogP contribution in [0.25, 0.3) is 11.0 Å². The molecular weight excluding hydrogens is 366 g/mol. The van der Waals surface area contributed by atoms with E-state index in [1.165, 1.54) is 12.8 Å². The predicted octanol–water partition coefficient (Wildman–Crippen LogP) is 3.98. The Kier molecular flexibility index (Phi) is 4.30. The Morgan fingerprint density at radius 2 is 1.79 bits per heavy atom. The van der Waals surface area contributed by atoms with Crippen LogP contribution in [-0.4, -0.2) is 26.2 Å². The van der Waals surface area contributed by atoms with E-state index in [0.29, 0.717) is 17.6 Å². The molecule has 2 heterocycles. The monoisotopic (exact) mass is 389 g/mol. The van der Waals surface area contributed by atoms with Crippen molar-refractivity contribution in [3.63, 3.8) is 0 Å². The van der Waals surface area contributed by atoms with Gasteiger partial charge < -0.3 is 15.6 Å². The van der Waals surface area contributed by atoms with Crippen molar-refractivity contribution in [2.45, 2.75) is 44.6 Å². The first kappa shape index (κ1) is 17.8. The number of primary amides is 1. The molecule has 2 fully saturated rings. The summed E-state index contributed by atoms with van der Waals surface area (Å²) in [5, 5.41) is 4.08. The predicted molar refractivity (Wildman–Crippen MR) is 110 cm³/mol. The fourth-order valence-electron chi connectivity index (χ4n) is 4.19. The Balaban J connectivity index is 1.52. The zero-order valence-electron chi connectivity index (χ0n) is 16.1. The summed E-state index contributed by atoms with van der Waals surface area (Å²) in [7, 11) is 0. The number of rotatable bonds is 6. The number of anilines is 2. The van der Waals surface area contributed by atoms with Gasteiger partial charge in [-0.25, -0.2) is 4.98 Å². The van der Waals surface area contributed by atoms with Crippen LogP contribution in [0.2, 0.25) is 0 Å². The van der Waals surface area contributed by atoms with Gasteiger partial charge >= 0.3 is 0 Å². The summed E-state index contributed by atoms with van der Waals surface area (Å²) in [6.07, 6.45) is 8.28. The molecule has 1 amide bonds. The van der Waals surface area contributed by atoms with Gasteiger partial charge in [-0.1, -0.05) is 12.8 Å². The maximum atomic E-state index is 12.9. The van der Waals surface area contributed by atoms with E-state index in [9.17, 15) is 9.59 Å². The Labute approximate surface area is 168 Å². The Bertz CT molecular complexity index is 1090. The van der Waals surface area contributed by atoms with Crippen LogP contribution in [0.3, 0.4) is 0 Å². The summed E-state index contributed by atoms with van der Waals surface area (Å²) in [4.78, 5) is 33.3. The molecule has 5 rings (SSSR count). The SMILES string of the molecule is NC(=O)c1ccc(Nc2ncc3cc(C(=O)C4CC4)n(C4CCCC4)c3n2)cc1. The van der Waals surface area contributed by atoms with Crippen LogP contribution >= 0.6 is 0 Å². The molecule has 0 spiro atoms. The number of ketones is 1. The first-order valence-corrected chi connectivity index (χ1v) is 10.2. The summed E-state index contributed by atoms with van der Waals surface area (Å²) in [5.74, 6) is 0.420. The van der Waals surface area contributed by atoms with E-state index in [2.05, 4.69) is 14.9 Å². The molecule has 3 N–H and O–H groups in total. The van der Waals surface area contributed by atoms with Gasteiger partial charge in [0.25, 0.3) is 0 Å². The van der Waals surface area contributed by atoms with Gasteiger partial charge in [-0.05, 0) is 56.0 Å². The van der Waals surface area contributed by atoms with Gasteiger partial charge in [0.1, 0.15) is 5.65 Å². The average Bonchev–Trinajstić information content (AvgIpc) is 3.30. The highest BCUT2D eigenvalue weighted by Gasteiger charge is 2.34. The molecule has 0 aliphatic heterocycles. The lowest BCUT2D eigenvalue weighted by Crippen LogP contribution is -2.15. The van der Waals surface area contributed by atoms with Crippen molar-refractivity contribution in [2.75, 3.05) is 5.32 Å². The fraction of sp³-hybridized carbons (Fsp3) is 0.364. The molecule has 2 aromatic heterocycles. The minimum Gasteiger partial charge on any atom is -0.366 e. The molecule has 148 valence electrons. The van der Waals surface area contributed by atoms with E-state index in [1.807, 2.05) is 6.07 Å². The normalized spacial score (nSPS) is 17.0. The molecule has 2 aliphatic rings. The number of amides is 1. The van der Waals surface area contributed by atoms with E-state index in [4.69, 9.17) is 10.7 Å². The molecule has 1 aromatic carbocycles. The molecule has 0 saturated heterocycles. The third kappa shape index (κ3) is 3.37. The number of nitrogens with two attached hydrogens (primary N) is 1. The highest BCUT2D eigenvalue weighted by Crippen LogP contribution is 2.38. The van der Waals surface area contributed by atoms with E-state index in [0.717, 1.165) is 48.1 Å². The van der Waals surface area contributed by atoms with E-state index >= 15 is 0 Å². The van der Waals surface area contributed by atoms with Crippen molar-refractivity contribution in [3.8, 4) is 0 Å². The Morgan fingerprint density at radius 1 is 1.07 bits per heavy atom. The molecule has 0 atom stereocenters. The summed E-state index contributed by atoms with van der Waals surface area (Å²) < 4.78 is 2.16. The van der Waals surface area contributed by atoms with Crippen LogP contribution in [-0.2, 0) is 0 Å². The van der Waals surface area contributed by atoms with Gasteiger partial charge in [-0.15, -0.1) is 0 Å². The van der Waals surface area contributed by atoms with Crippen LogP contribution in [0.15, 0.2) is 36.5 Å². The Morgan fingerprint density at radius 3 is 2.45 bits per heavy atom. The van der Waals surface area contributed by atoms with Crippen molar-refractivity contribution >= 4 is 34.4 Å². The zero-order valence-corrected chi connectivity index (χ0v) is 16.1. The number of nitrogens with zero attached hydrogens (tertiary/aromatic N) is 3. The molecule has 3 aromatic rings. The molecule has 2 saturated carbocycles. The quantitative estimate of drug-likeness (QED) is 0.621. The third-order valence-corrected chi connectivity index (χ3v) is 5.89. The number of aromatic nitrogens is 3. The molecule has 0 radical (unpaired) electrons. The number of hydrogen-bond acceptors (Lipinski definition) is 5. The van der Waals surface area contributed by atoms with Crippen molar-refractivity contribution in [3.05, 3.63) is 47.8 Å². The number of hydrogen-bond donors (Lipinski definition) is 2. The third-order valence-electron chi connectivity index (χ3n) is 5.89. The fourth-order valence-corrected chi connectivity index (χ4v) is 4.19. The number of fused-ring (bicyclic) bond motifs is 1. The standard InChI is InChI=1S/C22H23N5O2/c23-20(29)14-7-9-16(10-8-14)25-22-24-12-15-11-18(19(28)13-5-6-13)27(21(15)26-22)17-3-1-2-4-17/h7-13,17H,1-6H2,(H2,23,29)(H,24,25,26). The smallest absolute Gasteiger partial charge is 0.248 e. The van der Waals surface area contributed by atoms with E-state index in [-0.39, 0.29) is 11.7 Å². The summed E-state index contributed by atoms with van der Waals surface area (Å²) in [5.41, 5.74) is 8.10. The van der Waals surface area contributed by atoms with Gasteiger partial charge in [-0.3, -0.25) is 9.59 Å². The molecule has 0 bridgehead atoms. The van der Waals surface area contributed by atoms with Crippen LogP contribution in [0.5, 0.6) is 0 Å². The second-order valence-corrected chi connectivity index (χ2v) is 8.02. The molecule has 29 heavy (non-hydrogen) atoms. The van der Waals surface area contributed by atoms with Crippen molar-refractivity contribution in [1.29, 1.82) is 0 Å². The van der Waals surface area contributed by atoms with E-state index < -0.39 is 5.91 Å². The lowest BCUT2D eigenvalue weighted by atomic mass is 10.1. The first-order valence-electron chi connectivity index (χ1n) is 10.2. The molecule has 2 aliphatic carbocycles. The largest absolute Gasteiger partial charge is 0.366 e. The van der Waals surface area contributed by atoms with Crippen LogP contribution in [0.4, 0.5) is 11.6 Å². The maximum absolute atomic E-state index is 12.9. The lowest BCUT2D eigenvalue weighted by molar-refractivity contribution is 0.0955. The second-order valence-electron chi connectivity index (χ2n) is 8.02. The molecule has 7 nitrogen and oxygen atoms in total. The van der Waals surface area contributed by atoms with Crippen LogP contribution < -0.4 is 11.1 Å². The van der Waals surface area contributed by atoms with Gasteiger partial charge in [0.05, 0.1) is 5.69 Å². The number of carbonyl (C=O) groups is 2. The first-order chi connectivity index (χ1) is 14.1. The maximum Gasteiger partial charge on any atom is 0.248 e. The summed E-state index contributed by atoms with van der Waals surface area (Å²) >= 11 is 0. The second kappa shape index (κ2) is 6.99. The van der Waals surface area contributed by atoms with Crippen molar-refractivity contribution in [1.82, 2.24) is 14.5 Å². The van der Waals surface area contributed by atoms with Crippen LogP contribution in [0, 0.1) is 5.92 Å². The van der Waals surface area contributed by atoms with Crippen molar-refractivity contribution in [2.24, 2.45) is 11.7 Å². The number of carbonyl (C=O) groups excluding carboxylic acids is 2. The van der Waals surface area contributed by atoms with Gasteiger partial charge in [0.15, 0.2) is 5.78 Å².